The van der Waals surface area contributed by atoms with Crippen molar-refractivity contribution in [3.05, 3.63) is 108 Å². The lowest BCUT2D eigenvalue weighted by atomic mass is 9.93. The van der Waals surface area contributed by atoms with Crippen molar-refractivity contribution in [3.63, 3.8) is 0 Å². The standard InChI is InChI=1S/C29H27N3O2/c1-3-17-30-25(33)16-18-32-28(21-8-4-5-9-22(21)29(32)34)26-23-10-6-7-11-24(23)31-27(26)20-14-12-19(2)13-15-20/h3-15,28,31H,1,16-18H2,2H3,(H,30,33)/t28-/m1/s1. The molecule has 0 unspecified atom stereocenters. The lowest BCUT2D eigenvalue weighted by molar-refractivity contribution is -0.121. The van der Waals surface area contributed by atoms with Gasteiger partial charge in [-0.2, -0.15) is 0 Å². The van der Waals surface area contributed by atoms with Gasteiger partial charge in [-0.3, -0.25) is 9.59 Å². The van der Waals surface area contributed by atoms with Crippen LogP contribution in [0.3, 0.4) is 0 Å². The summed E-state index contributed by atoms with van der Waals surface area (Å²) >= 11 is 0. The molecule has 5 rings (SSSR count). The van der Waals surface area contributed by atoms with Crippen LogP contribution in [0.25, 0.3) is 22.2 Å². The summed E-state index contributed by atoms with van der Waals surface area (Å²) in [6.45, 7) is 6.46. The number of aromatic nitrogens is 1. The third kappa shape index (κ3) is 3.79. The van der Waals surface area contributed by atoms with Gasteiger partial charge in [-0.1, -0.05) is 72.3 Å². The molecule has 0 radical (unpaired) electrons. The van der Waals surface area contributed by atoms with E-state index >= 15 is 0 Å². The highest BCUT2D eigenvalue weighted by Gasteiger charge is 2.40. The third-order valence-corrected chi connectivity index (χ3v) is 6.44. The predicted molar refractivity (Wildman–Crippen MR) is 136 cm³/mol. The molecule has 34 heavy (non-hydrogen) atoms. The molecular formula is C29H27N3O2. The van der Waals surface area contributed by atoms with Crippen molar-refractivity contribution >= 4 is 22.7 Å². The summed E-state index contributed by atoms with van der Waals surface area (Å²) in [5.74, 6) is -0.141. The summed E-state index contributed by atoms with van der Waals surface area (Å²) in [5, 5.41) is 3.89. The predicted octanol–water partition coefficient (Wildman–Crippen LogP) is 5.38. The molecule has 5 nitrogen and oxygen atoms in total. The number of rotatable bonds is 7. The fraction of sp³-hybridized carbons (Fsp3) is 0.172. The number of aryl methyl sites for hydroxylation is 1. The summed E-state index contributed by atoms with van der Waals surface area (Å²) in [5.41, 5.74) is 7.00. The molecule has 170 valence electrons. The Morgan fingerprint density at radius 1 is 1.06 bits per heavy atom. The van der Waals surface area contributed by atoms with Crippen LogP contribution in [0.1, 0.15) is 39.5 Å². The van der Waals surface area contributed by atoms with Gasteiger partial charge in [0.2, 0.25) is 5.91 Å². The number of amides is 2. The summed E-state index contributed by atoms with van der Waals surface area (Å²) < 4.78 is 0. The van der Waals surface area contributed by atoms with E-state index in [0.717, 1.165) is 33.3 Å². The Hall–Kier alpha value is -4.12. The van der Waals surface area contributed by atoms with Crippen molar-refractivity contribution in [2.45, 2.75) is 19.4 Å². The minimum Gasteiger partial charge on any atom is -0.354 e. The van der Waals surface area contributed by atoms with Crippen LogP contribution in [-0.2, 0) is 4.79 Å². The Kier molecular flexibility index (Phi) is 5.76. The molecular weight excluding hydrogens is 422 g/mol. The Balaban J connectivity index is 1.65. The average molecular weight is 450 g/mol. The van der Waals surface area contributed by atoms with Crippen molar-refractivity contribution in [2.24, 2.45) is 0 Å². The van der Waals surface area contributed by atoms with Crippen LogP contribution >= 0.6 is 0 Å². The molecule has 2 amide bonds. The van der Waals surface area contributed by atoms with Gasteiger partial charge in [0.1, 0.15) is 0 Å². The van der Waals surface area contributed by atoms with Gasteiger partial charge < -0.3 is 15.2 Å². The number of hydrogen-bond acceptors (Lipinski definition) is 2. The van der Waals surface area contributed by atoms with E-state index in [1.807, 2.05) is 41.3 Å². The second-order valence-electron chi connectivity index (χ2n) is 8.66. The molecule has 0 bridgehead atoms. The Bertz CT molecular complexity index is 1380. The molecule has 0 aliphatic carbocycles. The van der Waals surface area contributed by atoms with E-state index in [4.69, 9.17) is 0 Å². The summed E-state index contributed by atoms with van der Waals surface area (Å²) in [6, 6.07) is 24.1. The molecule has 2 heterocycles. The zero-order chi connectivity index (χ0) is 23.7. The molecule has 1 aliphatic rings. The fourth-order valence-corrected chi connectivity index (χ4v) is 4.80. The second-order valence-corrected chi connectivity index (χ2v) is 8.66. The third-order valence-electron chi connectivity index (χ3n) is 6.44. The number of nitrogens with zero attached hydrogens (tertiary/aromatic N) is 1. The van der Waals surface area contributed by atoms with Gasteiger partial charge in [0.25, 0.3) is 5.91 Å². The minimum atomic E-state index is -0.289. The monoisotopic (exact) mass is 449 g/mol. The quantitative estimate of drug-likeness (QED) is 0.372. The van der Waals surface area contributed by atoms with Gasteiger partial charge in [-0.25, -0.2) is 0 Å². The highest BCUT2D eigenvalue weighted by molar-refractivity contribution is 6.02. The van der Waals surface area contributed by atoms with Gasteiger partial charge in [0.15, 0.2) is 0 Å². The van der Waals surface area contributed by atoms with Gasteiger partial charge in [-0.15, -0.1) is 6.58 Å². The van der Waals surface area contributed by atoms with Crippen molar-refractivity contribution in [2.75, 3.05) is 13.1 Å². The molecule has 5 heteroatoms. The summed E-state index contributed by atoms with van der Waals surface area (Å²) in [6.07, 6.45) is 1.88. The molecule has 3 aromatic carbocycles. The number of fused-ring (bicyclic) bond motifs is 2. The molecule has 4 aromatic rings. The number of para-hydroxylation sites is 1. The molecule has 1 aromatic heterocycles. The van der Waals surface area contributed by atoms with Gasteiger partial charge >= 0.3 is 0 Å². The summed E-state index contributed by atoms with van der Waals surface area (Å²) in [4.78, 5) is 31.3. The van der Waals surface area contributed by atoms with E-state index in [-0.39, 0.29) is 24.3 Å². The lowest BCUT2D eigenvalue weighted by Gasteiger charge is -2.26. The van der Waals surface area contributed by atoms with E-state index in [9.17, 15) is 9.59 Å². The first kappa shape index (κ1) is 21.7. The molecule has 2 N–H and O–H groups in total. The van der Waals surface area contributed by atoms with Crippen LogP contribution in [0.15, 0.2) is 85.5 Å². The van der Waals surface area contributed by atoms with Crippen LogP contribution in [0.2, 0.25) is 0 Å². The molecule has 0 fully saturated rings. The molecule has 1 aliphatic heterocycles. The van der Waals surface area contributed by atoms with E-state index in [2.05, 4.69) is 60.2 Å². The van der Waals surface area contributed by atoms with Crippen LogP contribution < -0.4 is 5.32 Å². The van der Waals surface area contributed by atoms with Crippen LogP contribution in [-0.4, -0.2) is 34.8 Å². The average Bonchev–Trinajstić information content (AvgIpc) is 3.37. The largest absolute Gasteiger partial charge is 0.354 e. The Morgan fingerprint density at radius 2 is 1.79 bits per heavy atom. The van der Waals surface area contributed by atoms with Crippen LogP contribution in [0, 0.1) is 6.92 Å². The van der Waals surface area contributed by atoms with Crippen molar-refractivity contribution in [1.82, 2.24) is 15.2 Å². The topological polar surface area (TPSA) is 65.2 Å². The van der Waals surface area contributed by atoms with Crippen LogP contribution in [0.5, 0.6) is 0 Å². The highest BCUT2D eigenvalue weighted by Crippen LogP contribution is 2.45. The lowest BCUT2D eigenvalue weighted by Crippen LogP contribution is -2.34. The van der Waals surface area contributed by atoms with Crippen molar-refractivity contribution in [3.8, 4) is 11.3 Å². The maximum atomic E-state index is 13.5. The first-order chi connectivity index (χ1) is 16.6. The van der Waals surface area contributed by atoms with Gasteiger partial charge in [0, 0.05) is 41.5 Å². The maximum Gasteiger partial charge on any atom is 0.255 e. The Labute approximate surface area is 199 Å². The van der Waals surface area contributed by atoms with Crippen molar-refractivity contribution < 1.29 is 9.59 Å². The van der Waals surface area contributed by atoms with Crippen LogP contribution in [0.4, 0.5) is 0 Å². The number of carbonyl (C=O) groups excluding carboxylic acids is 2. The molecule has 0 saturated heterocycles. The maximum absolute atomic E-state index is 13.5. The number of aromatic amines is 1. The SMILES string of the molecule is C=CCNC(=O)CCN1C(=O)c2ccccc2[C@@H]1c1c(-c2ccc(C)cc2)[nH]c2ccccc12. The van der Waals surface area contributed by atoms with E-state index in [1.165, 1.54) is 5.56 Å². The molecule has 0 saturated carbocycles. The first-order valence-corrected chi connectivity index (χ1v) is 11.5. The van der Waals surface area contributed by atoms with E-state index in [0.29, 0.717) is 18.7 Å². The molecule has 0 spiro atoms. The van der Waals surface area contributed by atoms with E-state index in [1.54, 1.807) is 6.08 Å². The first-order valence-electron chi connectivity index (χ1n) is 11.5. The number of carbonyl (C=O) groups is 2. The minimum absolute atomic E-state index is 0.0442. The Morgan fingerprint density at radius 3 is 2.59 bits per heavy atom. The zero-order valence-corrected chi connectivity index (χ0v) is 19.2. The fourth-order valence-electron chi connectivity index (χ4n) is 4.80. The van der Waals surface area contributed by atoms with E-state index < -0.39 is 0 Å². The highest BCUT2D eigenvalue weighted by atomic mass is 16.2. The van der Waals surface area contributed by atoms with Gasteiger partial charge in [0.05, 0.1) is 11.7 Å². The van der Waals surface area contributed by atoms with Gasteiger partial charge in [-0.05, 0) is 30.2 Å². The van der Waals surface area contributed by atoms with Crippen molar-refractivity contribution in [1.29, 1.82) is 0 Å². The normalized spacial score (nSPS) is 14.9. The number of benzene rings is 3. The second kappa shape index (κ2) is 9.02. The number of H-pyrrole nitrogens is 1. The number of hydrogen-bond donors (Lipinski definition) is 2. The summed E-state index contributed by atoms with van der Waals surface area (Å²) in [7, 11) is 0. The number of nitrogens with one attached hydrogen (secondary N) is 2. The smallest absolute Gasteiger partial charge is 0.255 e. The molecule has 1 atom stereocenters. The zero-order valence-electron chi connectivity index (χ0n) is 19.2.